The summed E-state index contributed by atoms with van der Waals surface area (Å²) in [6.45, 7) is 2.40. The Morgan fingerprint density at radius 3 is 2.85 bits per heavy atom. The summed E-state index contributed by atoms with van der Waals surface area (Å²) in [6, 6.07) is 11.1. The van der Waals surface area contributed by atoms with Crippen LogP contribution in [0.15, 0.2) is 42.6 Å². The van der Waals surface area contributed by atoms with E-state index >= 15 is 0 Å². The Kier molecular flexibility index (Phi) is 5.34. The smallest absolute Gasteiger partial charge is 0.251 e. The zero-order valence-corrected chi connectivity index (χ0v) is 15.3. The van der Waals surface area contributed by atoms with Crippen molar-refractivity contribution in [1.29, 1.82) is 0 Å². The summed E-state index contributed by atoms with van der Waals surface area (Å²) < 4.78 is 13.9. The number of nitrogens with zero attached hydrogens (tertiary/aromatic N) is 2. The molecule has 2 aliphatic rings. The lowest BCUT2D eigenvalue weighted by Gasteiger charge is -2.33. The maximum atomic E-state index is 13.9. The number of carbonyl (C=O) groups is 1. The maximum Gasteiger partial charge on any atom is 0.251 e. The van der Waals surface area contributed by atoms with E-state index in [4.69, 9.17) is 0 Å². The van der Waals surface area contributed by atoms with Gasteiger partial charge in [0.25, 0.3) is 5.91 Å². The van der Waals surface area contributed by atoms with Gasteiger partial charge >= 0.3 is 0 Å². The van der Waals surface area contributed by atoms with Crippen LogP contribution in [-0.2, 0) is 6.54 Å². The van der Waals surface area contributed by atoms with Crippen LogP contribution in [0.4, 0.5) is 10.2 Å². The highest BCUT2D eigenvalue weighted by Crippen LogP contribution is 2.21. The van der Waals surface area contributed by atoms with Gasteiger partial charge < -0.3 is 10.6 Å². The van der Waals surface area contributed by atoms with Crippen molar-refractivity contribution in [3.63, 3.8) is 0 Å². The number of nitrogens with one attached hydrogen (secondary N) is 2. The number of aromatic nitrogens is 1. The third-order valence-corrected chi connectivity index (χ3v) is 5.14. The number of rotatable bonds is 6. The van der Waals surface area contributed by atoms with Gasteiger partial charge in [-0.05, 0) is 50.4 Å². The van der Waals surface area contributed by atoms with Crippen molar-refractivity contribution in [3.8, 4) is 0 Å². The molecule has 1 unspecified atom stereocenters. The van der Waals surface area contributed by atoms with Crippen LogP contribution in [0, 0.1) is 5.82 Å². The number of likely N-dealkylation sites (tertiary alicyclic amines) is 1. The molecule has 1 saturated carbocycles. The largest absolute Gasteiger partial charge is 0.366 e. The van der Waals surface area contributed by atoms with Gasteiger partial charge in [-0.2, -0.15) is 0 Å². The van der Waals surface area contributed by atoms with Gasteiger partial charge in [0.2, 0.25) is 0 Å². The van der Waals surface area contributed by atoms with Crippen molar-refractivity contribution in [3.05, 3.63) is 59.5 Å². The number of halogens is 1. The van der Waals surface area contributed by atoms with Gasteiger partial charge in [-0.25, -0.2) is 9.37 Å². The number of hydrogen-bond donors (Lipinski definition) is 2. The SMILES string of the molecule is O=C(NC1CC1)c1ccnc(NC2CCCN(Cc3ccccc3F)C2)c1. The van der Waals surface area contributed by atoms with E-state index in [1.54, 1.807) is 18.3 Å². The monoisotopic (exact) mass is 368 g/mol. The van der Waals surface area contributed by atoms with Crippen molar-refractivity contribution >= 4 is 11.7 Å². The summed E-state index contributed by atoms with van der Waals surface area (Å²) in [6.07, 6.45) is 5.90. The summed E-state index contributed by atoms with van der Waals surface area (Å²) in [4.78, 5) is 18.8. The molecular formula is C21H25FN4O. The summed E-state index contributed by atoms with van der Waals surface area (Å²) >= 11 is 0. The van der Waals surface area contributed by atoms with Gasteiger partial charge in [-0.3, -0.25) is 9.69 Å². The quantitative estimate of drug-likeness (QED) is 0.822. The van der Waals surface area contributed by atoms with E-state index in [0.717, 1.165) is 50.2 Å². The third-order valence-electron chi connectivity index (χ3n) is 5.14. The lowest BCUT2D eigenvalue weighted by Crippen LogP contribution is -2.41. The molecule has 0 spiro atoms. The van der Waals surface area contributed by atoms with Crippen molar-refractivity contribution < 1.29 is 9.18 Å². The molecule has 142 valence electrons. The van der Waals surface area contributed by atoms with Gasteiger partial charge in [0.15, 0.2) is 0 Å². The van der Waals surface area contributed by atoms with Gasteiger partial charge in [0, 0.05) is 42.5 Å². The van der Waals surface area contributed by atoms with Crippen LogP contribution < -0.4 is 10.6 Å². The van der Waals surface area contributed by atoms with Crippen molar-refractivity contribution in [2.24, 2.45) is 0 Å². The third kappa shape index (κ3) is 4.83. The summed E-state index contributed by atoms with van der Waals surface area (Å²) in [5.41, 5.74) is 1.37. The average Bonchev–Trinajstić information content (AvgIpc) is 3.48. The zero-order valence-electron chi connectivity index (χ0n) is 15.3. The predicted octanol–water partition coefficient (Wildman–Crippen LogP) is 3.19. The Labute approximate surface area is 159 Å². The van der Waals surface area contributed by atoms with Gasteiger partial charge in [0.05, 0.1) is 0 Å². The van der Waals surface area contributed by atoms with E-state index in [-0.39, 0.29) is 17.8 Å². The molecule has 1 amide bonds. The number of piperidine rings is 1. The fourth-order valence-electron chi connectivity index (χ4n) is 3.54. The second-order valence-electron chi connectivity index (χ2n) is 7.49. The molecule has 2 heterocycles. The van der Waals surface area contributed by atoms with Crippen molar-refractivity contribution in [1.82, 2.24) is 15.2 Å². The first-order valence-electron chi connectivity index (χ1n) is 9.66. The van der Waals surface area contributed by atoms with Crippen LogP contribution in [0.3, 0.4) is 0 Å². The molecule has 27 heavy (non-hydrogen) atoms. The maximum absolute atomic E-state index is 13.9. The van der Waals surface area contributed by atoms with Crippen molar-refractivity contribution in [2.45, 2.75) is 44.3 Å². The molecule has 2 N–H and O–H groups in total. The van der Waals surface area contributed by atoms with Crippen LogP contribution in [0.25, 0.3) is 0 Å². The Morgan fingerprint density at radius 2 is 2.04 bits per heavy atom. The van der Waals surface area contributed by atoms with E-state index in [0.29, 0.717) is 18.2 Å². The zero-order chi connectivity index (χ0) is 18.6. The van der Waals surface area contributed by atoms with Crippen LogP contribution in [0.2, 0.25) is 0 Å². The molecule has 2 fully saturated rings. The molecule has 1 saturated heterocycles. The highest BCUT2D eigenvalue weighted by molar-refractivity contribution is 5.95. The molecule has 1 atom stereocenters. The van der Waals surface area contributed by atoms with Crippen LogP contribution in [-0.4, -0.2) is 41.0 Å². The van der Waals surface area contributed by atoms with Gasteiger partial charge in [-0.1, -0.05) is 18.2 Å². The van der Waals surface area contributed by atoms with Crippen LogP contribution in [0.5, 0.6) is 0 Å². The molecule has 1 aliphatic carbocycles. The molecule has 2 aromatic rings. The Balaban J connectivity index is 1.36. The molecular weight excluding hydrogens is 343 g/mol. The van der Waals surface area contributed by atoms with E-state index in [1.807, 2.05) is 18.2 Å². The minimum absolute atomic E-state index is 0.0345. The normalized spacial score (nSPS) is 20.3. The Bertz CT molecular complexity index is 808. The number of amides is 1. The number of pyridine rings is 1. The molecule has 5 nitrogen and oxygen atoms in total. The van der Waals surface area contributed by atoms with E-state index in [2.05, 4.69) is 20.5 Å². The summed E-state index contributed by atoms with van der Waals surface area (Å²) in [5.74, 6) is 0.535. The molecule has 6 heteroatoms. The fourth-order valence-corrected chi connectivity index (χ4v) is 3.54. The molecule has 0 radical (unpaired) electrons. The van der Waals surface area contributed by atoms with Crippen LogP contribution >= 0.6 is 0 Å². The minimum Gasteiger partial charge on any atom is -0.366 e. The summed E-state index contributed by atoms with van der Waals surface area (Å²) in [5, 5.41) is 6.45. The van der Waals surface area contributed by atoms with E-state index in [9.17, 15) is 9.18 Å². The standard InChI is InChI=1S/C21H25FN4O/c22-19-6-2-1-4-16(19)13-26-11-3-5-18(14-26)24-20-12-15(9-10-23-20)21(27)25-17-7-8-17/h1-2,4,6,9-10,12,17-18H,3,5,7-8,11,13-14H2,(H,23,24)(H,25,27). The highest BCUT2D eigenvalue weighted by Gasteiger charge is 2.24. The van der Waals surface area contributed by atoms with Gasteiger partial charge in [0.1, 0.15) is 11.6 Å². The van der Waals surface area contributed by atoms with E-state index in [1.165, 1.54) is 6.07 Å². The summed E-state index contributed by atoms with van der Waals surface area (Å²) in [7, 11) is 0. The molecule has 1 aromatic heterocycles. The fraction of sp³-hybridized carbons (Fsp3) is 0.429. The highest BCUT2D eigenvalue weighted by atomic mass is 19.1. The number of carbonyl (C=O) groups excluding carboxylic acids is 1. The lowest BCUT2D eigenvalue weighted by molar-refractivity contribution is 0.0951. The van der Waals surface area contributed by atoms with E-state index < -0.39 is 0 Å². The molecule has 0 bridgehead atoms. The number of benzene rings is 1. The second kappa shape index (κ2) is 8.05. The Morgan fingerprint density at radius 1 is 1.19 bits per heavy atom. The second-order valence-corrected chi connectivity index (χ2v) is 7.49. The lowest BCUT2D eigenvalue weighted by atomic mass is 10.0. The first-order valence-corrected chi connectivity index (χ1v) is 9.66. The first kappa shape index (κ1) is 17.9. The predicted molar refractivity (Wildman–Crippen MR) is 103 cm³/mol. The van der Waals surface area contributed by atoms with Crippen LogP contribution in [0.1, 0.15) is 41.6 Å². The molecule has 1 aliphatic heterocycles. The minimum atomic E-state index is -0.149. The average molecular weight is 368 g/mol. The number of hydrogen-bond acceptors (Lipinski definition) is 4. The molecule has 4 rings (SSSR count). The number of anilines is 1. The van der Waals surface area contributed by atoms with Crippen molar-refractivity contribution in [2.75, 3.05) is 18.4 Å². The Hall–Kier alpha value is -2.47. The topological polar surface area (TPSA) is 57.3 Å². The molecule has 1 aromatic carbocycles. The first-order chi connectivity index (χ1) is 13.2. The van der Waals surface area contributed by atoms with Gasteiger partial charge in [-0.15, -0.1) is 0 Å².